The summed E-state index contributed by atoms with van der Waals surface area (Å²) in [4.78, 5) is 24.6. The number of rotatable bonds is 6. The van der Waals surface area contributed by atoms with Crippen molar-refractivity contribution in [3.63, 3.8) is 0 Å². The lowest BCUT2D eigenvalue weighted by atomic mass is 10.00. The zero-order chi connectivity index (χ0) is 20.9. The van der Waals surface area contributed by atoms with E-state index in [4.69, 9.17) is 16.8 Å². The van der Waals surface area contributed by atoms with Gasteiger partial charge in [0, 0.05) is 38.2 Å². The molecule has 0 aliphatic carbocycles. The zero-order valence-corrected chi connectivity index (χ0v) is 16.6. The van der Waals surface area contributed by atoms with Crippen LogP contribution in [0.1, 0.15) is 42.1 Å². The topological polar surface area (TPSA) is 146 Å². The van der Waals surface area contributed by atoms with Gasteiger partial charge in [-0.3, -0.25) is 9.59 Å². The third kappa shape index (κ3) is 7.93. The molecule has 9 nitrogen and oxygen atoms in total. The number of piperazine rings is 1. The van der Waals surface area contributed by atoms with Gasteiger partial charge in [0.05, 0.1) is 5.92 Å². The van der Waals surface area contributed by atoms with Crippen LogP contribution >= 0.6 is 0 Å². The average Bonchev–Trinajstić information content (AvgIpc) is 2.72. The number of nitrogens with one attached hydrogen (secondary N) is 2. The number of hydrazone groups is 1. The summed E-state index contributed by atoms with van der Waals surface area (Å²) in [5.74, 6) is 9.19. The highest BCUT2D eigenvalue weighted by atomic mass is 16.4. The van der Waals surface area contributed by atoms with Gasteiger partial charge in [-0.2, -0.15) is 5.10 Å². The highest BCUT2D eigenvalue weighted by Crippen LogP contribution is 2.11. The van der Waals surface area contributed by atoms with E-state index in [0.29, 0.717) is 12.3 Å². The van der Waals surface area contributed by atoms with E-state index in [1.54, 1.807) is 0 Å². The number of aryl methyl sites for hydroxylation is 1. The second-order valence-corrected chi connectivity index (χ2v) is 6.66. The van der Waals surface area contributed by atoms with Gasteiger partial charge in [-0.25, -0.2) is 5.84 Å². The van der Waals surface area contributed by atoms with Crippen LogP contribution < -0.4 is 22.4 Å². The minimum atomic E-state index is -0.849. The van der Waals surface area contributed by atoms with Crippen LogP contribution in [-0.2, 0) is 4.79 Å². The molecule has 1 aliphatic rings. The monoisotopic (exact) mass is 392 g/mol. The molecule has 1 amide bonds. The molecule has 0 bridgehead atoms. The quantitative estimate of drug-likeness (QED) is 0.207. The van der Waals surface area contributed by atoms with Crippen LogP contribution in [0.4, 0.5) is 0 Å². The average molecular weight is 393 g/mol. The van der Waals surface area contributed by atoms with E-state index in [1.807, 2.05) is 43.0 Å². The number of nitrogens with two attached hydrogens (primary N) is 2. The second-order valence-electron chi connectivity index (χ2n) is 6.66. The third-order valence-electron chi connectivity index (χ3n) is 4.45. The van der Waals surface area contributed by atoms with Crippen molar-refractivity contribution < 1.29 is 14.7 Å². The Morgan fingerprint density at radius 1 is 1.29 bits per heavy atom. The molecular weight excluding hydrogens is 360 g/mol. The number of carbonyl (C=O) groups excluding carboxylic acids is 1. The summed E-state index contributed by atoms with van der Waals surface area (Å²) in [6.07, 6.45) is 1.64. The van der Waals surface area contributed by atoms with Crippen molar-refractivity contribution in [3.8, 4) is 0 Å². The van der Waals surface area contributed by atoms with Crippen LogP contribution in [0.15, 0.2) is 29.4 Å². The molecule has 1 atom stereocenters. The molecule has 0 aromatic heterocycles. The number of carboxylic acid groups (broad SMARTS) is 1. The van der Waals surface area contributed by atoms with E-state index in [1.165, 1.54) is 5.56 Å². The lowest BCUT2D eigenvalue weighted by molar-refractivity contribution is -0.141. The van der Waals surface area contributed by atoms with Gasteiger partial charge < -0.3 is 26.6 Å². The van der Waals surface area contributed by atoms with E-state index in [-0.39, 0.29) is 12.3 Å². The van der Waals surface area contributed by atoms with Crippen molar-refractivity contribution in [2.45, 2.75) is 33.1 Å². The molecule has 1 heterocycles. The zero-order valence-electron chi connectivity index (χ0n) is 16.6. The SMILES string of the molecule is CCCC(C/C(=N/N)NN)C(=O)O.Cc1ccc(C(=O)N2CCNCC2)cc1. The fraction of sp³-hybridized carbons (Fsp3) is 0.526. The molecule has 1 fully saturated rings. The van der Waals surface area contributed by atoms with Gasteiger partial charge in [-0.15, -0.1) is 0 Å². The molecule has 0 spiro atoms. The van der Waals surface area contributed by atoms with E-state index >= 15 is 0 Å². The Hall–Kier alpha value is -2.65. The minimum absolute atomic E-state index is 0.150. The lowest BCUT2D eigenvalue weighted by Gasteiger charge is -2.27. The fourth-order valence-corrected chi connectivity index (χ4v) is 2.79. The van der Waals surface area contributed by atoms with Crippen LogP contribution in [0, 0.1) is 12.8 Å². The number of amides is 1. The van der Waals surface area contributed by atoms with Gasteiger partial charge in [0.2, 0.25) is 0 Å². The molecule has 1 saturated heterocycles. The molecule has 0 radical (unpaired) electrons. The molecule has 1 unspecified atom stereocenters. The van der Waals surface area contributed by atoms with Crippen molar-refractivity contribution in [1.29, 1.82) is 0 Å². The number of aliphatic carboxylic acids is 1. The summed E-state index contributed by atoms with van der Waals surface area (Å²) in [5, 5.41) is 15.3. The van der Waals surface area contributed by atoms with E-state index in [2.05, 4.69) is 15.8 Å². The summed E-state index contributed by atoms with van der Waals surface area (Å²) >= 11 is 0. The first-order valence-corrected chi connectivity index (χ1v) is 9.45. The van der Waals surface area contributed by atoms with Gasteiger partial charge in [0.25, 0.3) is 5.91 Å². The van der Waals surface area contributed by atoms with E-state index < -0.39 is 11.9 Å². The van der Waals surface area contributed by atoms with Crippen LogP contribution in [-0.4, -0.2) is 53.9 Å². The molecule has 156 valence electrons. The van der Waals surface area contributed by atoms with Gasteiger partial charge in [0.1, 0.15) is 5.84 Å². The molecule has 2 rings (SSSR count). The number of amidine groups is 1. The summed E-state index contributed by atoms with van der Waals surface area (Å²) in [7, 11) is 0. The van der Waals surface area contributed by atoms with Crippen LogP contribution in [0.2, 0.25) is 0 Å². The number of carboxylic acids is 1. The molecule has 1 aromatic rings. The smallest absolute Gasteiger partial charge is 0.306 e. The number of hydrogen-bond acceptors (Lipinski definition) is 6. The molecule has 28 heavy (non-hydrogen) atoms. The van der Waals surface area contributed by atoms with Crippen molar-refractivity contribution in [3.05, 3.63) is 35.4 Å². The lowest BCUT2D eigenvalue weighted by Crippen LogP contribution is -2.46. The maximum absolute atomic E-state index is 12.0. The third-order valence-corrected chi connectivity index (χ3v) is 4.45. The number of hydrogen-bond donors (Lipinski definition) is 5. The van der Waals surface area contributed by atoms with Crippen molar-refractivity contribution in [2.75, 3.05) is 26.2 Å². The van der Waals surface area contributed by atoms with E-state index in [0.717, 1.165) is 38.2 Å². The number of nitrogens with zero attached hydrogens (tertiary/aromatic N) is 2. The summed E-state index contributed by atoms with van der Waals surface area (Å²) in [6.45, 7) is 7.37. The Balaban J connectivity index is 0.000000284. The fourth-order valence-electron chi connectivity index (χ4n) is 2.79. The second kappa shape index (κ2) is 12.7. The molecular formula is C19H32N6O3. The summed E-state index contributed by atoms with van der Waals surface area (Å²) < 4.78 is 0. The Morgan fingerprint density at radius 3 is 2.36 bits per heavy atom. The van der Waals surface area contributed by atoms with Crippen LogP contribution in [0.5, 0.6) is 0 Å². The Labute approximate surface area is 166 Å². The first kappa shape index (κ1) is 23.4. The van der Waals surface area contributed by atoms with Crippen molar-refractivity contribution in [1.82, 2.24) is 15.6 Å². The van der Waals surface area contributed by atoms with Gasteiger partial charge in [-0.05, 0) is 25.5 Å². The predicted molar refractivity (Wildman–Crippen MR) is 110 cm³/mol. The highest BCUT2D eigenvalue weighted by molar-refractivity contribution is 5.94. The molecule has 7 N–H and O–H groups in total. The molecule has 0 saturated carbocycles. The number of carbonyl (C=O) groups is 2. The van der Waals surface area contributed by atoms with Crippen molar-refractivity contribution in [2.24, 2.45) is 22.7 Å². The van der Waals surface area contributed by atoms with Gasteiger partial charge in [-0.1, -0.05) is 31.0 Å². The molecule has 1 aliphatic heterocycles. The maximum atomic E-state index is 12.0. The first-order chi connectivity index (χ1) is 13.4. The van der Waals surface area contributed by atoms with Gasteiger partial charge in [0.15, 0.2) is 0 Å². The Morgan fingerprint density at radius 2 is 1.89 bits per heavy atom. The highest BCUT2D eigenvalue weighted by Gasteiger charge is 2.18. The summed E-state index contributed by atoms with van der Waals surface area (Å²) in [5.41, 5.74) is 4.24. The number of hydrazine groups is 1. The maximum Gasteiger partial charge on any atom is 0.306 e. The first-order valence-electron chi connectivity index (χ1n) is 9.45. The minimum Gasteiger partial charge on any atom is -0.481 e. The molecule has 9 heteroatoms. The van der Waals surface area contributed by atoms with Gasteiger partial charge >= 0.3 is 5.97 Å². The Bertz CT molecular complexity index is 642. The standard InChI is InChI=1S/C12H16N2O.C7H16N4O2/c1-10-2-4-11(5-3-10)12(15)14-8-6-13-7-9-14;1-2-3-5(7(12)13)4-6(10-8)11-9/h2-5,13H,6-9H2,1H3;5H,2-4,8-9H2,1H3,(H,10,11)(H,12,13). The summed E-state index contributed by atoms with van der Waals surface area (Å²) in [6, 6.07) is 7.77. The molecule has 1 aromatic carbocycles. The van der Waals surface area contributed by atoms with Crippen molar-refractivity contribution >= 4 is 17.7 Å². The number of benzene rings is 1. The van der Waals surface area contributed by atoms with Crippen LogP contribution in [0.25, 0.3) is 0 Å². The Kier molecular flexibility index (Phi) is 10.6. The van der Waals surface area contributed by atoms with Crippen LogP contribution in [0.3, 0.4) is 0 Å². The normalized spacial score (nSPS) is 15.2. The largest absolute Gasteiger partial charge is 0.481 e. The predicted octanol–water partition coefficient (Wildman–Crippen LogP) is 0.653. The van der Waals surface area contributed by atoms with E-state index in [9.17, 15) is 9.59 Å².